The Bertz CT molecular complexity index is 562. The molecule has 20 heavy (non-hydrogen) atoms. The first kappa shape index (κ1) is 13.0. The molecule has 2 bridgehead atoms. The van der Waals surface area contributed by atoms with Gasteiger partial charge < -0.3 is 0 Å². The Morgan fingerprint density at radius 3 is 2.15 bits per heavy atom. The Morgan fingerprint density at radius 1 is 1.05 bits per heavy atom. The van der Waals surface area contributed by atoms with Crippen molar-refractivity contribution in [3.63, 3.8) is 0 Å². The van der Waals surface area contributed by atoms with E-state index < -0.39 is 0 Å². The lowest BCUT2D eigenvalue weighted by Crippen LogP contribution is -2.37. The predicted molar refractivity (Wildman–Crippen MR) is 80.7 cm³/mol. The number of aromatic nitrogens is 1. The summed E-state index contributed by atoms with van der Waals surface area (Å²) in [7, 11) is 0. The molecule has 2 amide bonds. The van der Waals surface area contributed by atoms with E-state index in [1.165, 1.54) is 4.90 Å². The third kappa shape index (κ3) is 1.49. The maximum atomic E-state index is 12.7. The van der Waals surface area contributed by atoms with Crippen molar-refractivity contribution >= 4 is 49.5 Å². The number of nitrogens with zero attached hydrogens (tertiary/aromatic N) is 2. The van der Waals surface area contributed by atoms with Gasteiger partial charge in [0.2, 0.25) is 11.8 Å². The Hall–Kier alpha value is -0.750. The minimum absolute atomic E-state index is 0.0740. The minimum Gasteiger partial charge on any atom is -0.274 e. The van der Waals surface area contributed by atoms with Crippen molar-refractivity contribution in [3.05, 3.63) is 24.4 Å². The molecule has 1 aromatic rings. The Morgan fingerprint density at radius 2 is 1.65 bits per heavy atom. The van der Waals surface area contributed by atoms with Gasteiger partial charge in [-0.3, -0.25) is 9.59 Å². The molecular formula is C14H12Br2N2O2. The molecule has 3 aliphatic rings. The second-order valence-corrected chi connectivity index (χ2v) is 7.82. The molecule has 0 unspecified atom stereocenters. The highest BCUT2D eigenvalue weighted by Gasteiger charge is 2.66. The number of carbonyl (C=O) groups excluding carboxylic acids is 2. The van der Waals surface area contributed by atoms with Crippen molar-refractivity contribution in [2.45, 2.75) is 16.1 Å². The summed E-state index contributed by atoms with van der Waals surface area (Å²) in [5.41, 5.74) is 0. The molecule has 0 aromatic carbocycles. The summed E-state index contributed by atoms with van der Waals surface area (Å²) in [6, 6.07) is 5.30. The molecule has 2 aliphatic carbocycles. The molecule has 0 spiro atoms. The van der Waals surface area contributed by atoms with Crippen molar-refractivity contribution in [2.24, 2.45) is 23.7 Å². The number of pyridine rings is 1. The zero-order valence-corrected chi connectivity index (χ0v) is 13.6. The summed E-state index contributed by atoms with van der Waals surface area (Å²) in [6.45, 7) is 0. The van der Waals surface area contributed by atoms with Gasteiger partial charge >= 0.3 is 0 Å². The normalized spacial score (nSPS) is 42.4. The fourth-order valence-corrected chi connectivity index (χ4v) is 5.93. The number of hydrogen-bond acceptors (Lipinski definition) is 3. The van der Waals surface area contributed by atoms with Crippen LogP contribution in [0.5, 0.6) is 0 Å². The van der Waals surface area contributed by atoms with Crippen molar-refractivity contribution in [1.82, 2.24) is 4.98 Å². The average Bonchev–Trinajstić information content (AvgIpc) is 3.05. The van der Waals surface area contributed by atoms with E-state index in [4.69, 9.17) is 0 Å². The van der Waals surface area contributed by atoms with E-state index in [9.17, 15) is 9.59 Å². The highest BCUT2D eigenvalue weighted by molar-refractivity contribution is 9.12. The fourth-order valence-electron chi connectivity index (χ4n) is 4.06. The van der Waals surface area contributed by atoms with Crippen molar-refractivity contribution in [3.8, 4) is 0 Å². The Kier molecular flexibility index (Phi) is 2.83. The first-order chi connectivity index (χ1) is 9.61. The van der Waals surface area contributed by atoms with Crippen LogP contribution in [-0.2, 0) is 9.59 Å². The molecule has 104 valence electrons. The van der Waals surface area contributed by atoms with Crippen LogP contribution in [0.15, 0.2) is 24.4 Å². The number of carbonyl (C=O) groups is 2. The summed E-state index contributed by atoms with van der Waals surface area (Å²) >= 11 is 7.35. The fraction of sp³-hybridized carbons (Fsp3) is 0.500. The summed E-state index contributed by atoms with van der Waals surface area (Å²) in [4.78, 5) is 31.3. The van der Waals surface area contributed by atoms with Crippen LogP contribution < -0.4 is 4.90 Å². The molecule has 1 aromatic heterocycles. The topological polar surface area (TPSA) is 50.3 Å². The molecular weight excluding hydrogens is 388 g/mol. The second kappa shape index (κ2) is 4.37. The lowest BCUT2D eigenvalue weighted by Gasteiger charge is -2.28. The third-order valence-electron chi connectivity index (χ3n) is 4.87. The zero-order chi connectivity index (χ0) is 14.0. The zero-order valence-electron chi connectivity index (χ0n) is 10.4. The number of alkyl halides is 2. The second-order valence-electron chi connectivity index (χ2n) is 5.70. The van der Waals surface area contributed by atoms with Gasteiger partial charge in [0, 0.05) is 15.9 Å². The molecule has 0 N–H and O–H groups in total. The number of halogens is 2. The summed E-state index contributed by atoms with van der Waals surface area (Å²) in [6.07, 6.45) is 2.56. The van der Waals surface area contributed by atoms with Crippen molar-refractivity contribution in [1.29, 1.82) is 0 Å². The van der Waals surface area contributed by atoms with Gasteiger partial charge in [0.25, 0.3) is 0 Å². The van der Waals surface area contributed by atoms with Crippen LogP contribution in [0.3, 0.4) is 0 Å². The van der Waals surface area contributed by atoms with E-state index in [0.29, 0.717) is 5.82 Å². The van der Waals surface area contributed by atoms with Crippen LogP contribution in [0.2, 0.25) is 0 Å². The molecule has 2 heterocycles. The highest BCUT2D eigenvalue weighted by Crippen LogP contribution is 2.60. The molecule has 4 nitrogen and oxygen atoms in total. The van der Waals surface area contributed by atoms with Crippen LogP contribution in [0.25, 0.3) is 0 Å². The van der Waals surface area contributed by atoms with Crippen LogP contribution in [0.4, 0.5) is 5.82 Å². The molecule has 2 saturated carbocycles. The predicted octanol–water partition coefficient (Wildman–Crippen LogP) is 2.36. The molecule has 0 radical (unpaired) electrons. The van der Waals surface area contributed by atoms with Crippen LogP contribution in [0, 0.1) is 23.7 Å². The maximum absolute atomic E-state index is 12.7. The van der Waals surface area contributed by atoms with Gasteiger partial charge in [0.1, 0.15) is 5.82 Å². The molecule has 3 fully saturated rings. The average molecular weight is 400 g/mol. The van der Waals surface area contributed by atoms with Crippen molar-refractivity contribution < 1.29 is 9.59 Å². The number of imide groups is 1. The standard InChI is InChI=1S/C14H12Br2N2O2/c15-11-6-5-7(12(11)16)10-9(6)13(19)18(14(10)20)8-3-1-2-4-17-8/h1-4,6-7,9-12H,5H2/t6-,7+,9-,10-,11-,12+/m0/s1. The maximum Gasteiger partial charge on any atom is 0.239 e. The number of hydrogen-bond donors (Lipinski definition) is 0. The molecule has 4 rings (SSSR count). The molecule has 6 atom stereocenters. The van der Waals surface area contributed by atoms with E-state index in [2.05, 4.69) is 36.8 Å². The quantitative estimate of drug-likeness (QED) is 0.538. The van der Waals surface area contributed by atoms with Crippen LogP contribution >= 0.6 is 31.9 Å². The summed E-state index contributed by atoms with van der Waals surface area (Å²) in [5.74, 6) is 0.457. The monoisotopic (exact) mass is 398 g/mol. The van der Waals surface area contributed by atoms with E-state index >= 15 is 0 Å². The number of anilines is 1. The van der Waals surface area contributed by atoms with Gasteiger partial charge in [-0.25, -0.2) is 9.88 Å². The SMILES string of the molecule is O=C1[C@H]2[C@@H]3C[C@@H]([C@@H](Br)[C@H]3Br)[C@@H]2C(=O)N1c1ccccn1. The van der Waals surface area contributed by atoms with E-state index in [1.54, 1.807) is 24.4 Å². The lowest BCUT2D eigenvalue weighted by molar-refractivity contribution is -0.123. The van der Waals surface area contributed by atoms with Gasteiger partial charge in [-0.1, -0.05) is 37.9 Å². The Labute approximate surface area is 133 Å². The first-order valence-electron chi connectivity index (χ1n) is 6.68. The minimum atomic E-state index is -0.173. The van der Waals surface area contributed by atoms with E-state index in [-0.39, 0.29) is 45.1 Å². The number of rotatable bonds is 1. The highest BCUT2D eigenvalue weighted by atomic mass is 79.9. The molecule has 1 aliphatic heterocycles. The van der Waals surface area contributed by atoms with Crippen LogP contribution in [-0.4, -0.2) is 26.5 Å². The van der Waals surface area contributed by atoms with E-state index in [0.717, 1.165) is 6.42 Å². The van der Waals surface area contributed by atoms with Crippen molar-refractivity contribution in [2.75, 3.05) is 4.90 Å². The van der Waals surface area contributed by atoms with Gasteiger partial charge in [-0.05, 0) is 30.4 Å². The van der Waals surface area contributed by atoms with E-state index in [1.807, 2.05) is 0 Å². The number of fused-ring (bicyclic) bond motifs is 5. The van der Waals surface area contributed by atoms with Gasteiger partial charge in [-0.15, -0.1) is 0 Å². The lowest BCUT2D eigenvalue weighted by atomic mass is 9.81. The largest absolute Gasteiger partial charge is 0.274 e. The van der Waals surface area contributed by atoms with Gasteiger partial charge in [0.15, 0.2) is 0 Å². The number of amides is 2. The Balaban J connectivity index is 1.75. The molecule has 1 saturated heterocycles. The van der Waals surface area contributed by atoms with Gasteiger partial charge in [0.05, 0.1) is 11.8 Å². The summed E-state index contributed by atoms with van der Waals surface area (Å²) < 4.78 is 0. The van der Waals surface area contributed by atoms with Crippen LogP contribution in [0.1, 0.15) is 6.42 Å². The third-order valence-corrected chi connectivity index (χ3v) is 8.07. The first-order valence-corrected chi connectivity index (χ1v) is 8.51. The smallest absolute Gasteiger partial charge is 0.239 e. The molecule has 6 heteroatoms. The summed E-state index contributed by atoms with van der Waals surface area (Å²) in [5, 5.41) is 0. The van der Waals surface area contributed by atoms with Gasteiger partial charge in [-0.2, -0.15) is 0 Å².